The first-order valence-corrected chi connectivity index (χ1v) is 7.27. The zero-order valence-corrected chi connectivity index (χ0v) is 13.3. The summed E-state index contributed by atoms with van der Waals surface area (Å²) in [5.41, 5.74) is 2.11. The number of nitrogens with one attached hydrogen (secondary N) is 1. The van der Waals surface area contributed by atoms with Gasteiger partial charge in [-0.05, 0) is 32.0 Å². The zero-order chi connectivity index (χ0) is 16.4. The summed E-state index contributed by atoms with van der Waals surface area (Å²) in [6, 6.07) is 10.6. The van der Waals surface area contributed by atoms with E-state index in [9.17, 15) is 4.79 Å². The van der Waals surface area contributed by atoms with E-state index >= 15 is 0 Å². The molecule has 1 aromatic carbocycles. The van der Waals surface area contributed by atoms with Gasteiger partial charge < -0.3 is 9.84 Å². The fourth-order valence-electron chi connectivity index (χ4n) is 2.12. The molecule has 0 fully saturated rings. The molecule has 0 saturated heterocycles. The highest BCUT2D eigenvalue weighted by Gasteiger charge is 2.23. The molecule has 0 aliphatic heterocycles. The first-order chi connectivity index (χ1) is 11.1. The maximum Gasteiger partial charge on any atom is 0.262 e. The minimum atomic E-state index is -0.378. The molecule has 6 nitrogen and oxygen atoms in total. The lowest BCUT2D eigenvalue weighted by molar-refractivity contribution is 0.102. The molecule has 23 heavy (non-hydrogen) atoms. The van der Waals surface area contributed by atoms with Gasteiger partial charge in [-0.25, -0.2) is 0 Å². The van der Waals surface area contributed by atoms with Gasteiger partial charge in [-0.15, -0.1) is 5.10 Å². The minimum Gasteiger partial charge on any atom is -0.360 e. The van der Waals surface area contributed by atoms with Crippen LogP contribution in [0, 0.1) is 13.8 Å². The summed E-state index contributed by atoms with van der Waals surface area (Å²) < 4.78 is 5.18. The Morgan fingerprint density at radius 3 is 2.61 bits per heavy atom. The molecular weight excluding hydrogens is 316 g/mol. The van der Waals surface area contributed by atoms with Crippen molar-refractivity contribution in [3.63, 3.8) is 0 Å². The fourth-order valence-corrected chi connectivity index (χ4v) is 2.35. The number of anilines is 1. The Kier molecular flexibility index (Phi) is 4.08. The summed E-state index contributed by atoms with van der Waals surface area (Å²) in [5, 5.41) is 15.0. The number of hydrogen-bond donors (Lipinski definition) is 1. The normalized spacial score (nSPS) is 10.6. The van der Waals surface area contributed by atoms with Crippen LogP contribution in [-0.4, -0.2) is 21.3 Å². The van der Waals surface area contributed by atoms with Crippen LogP contribution in [0.15, 0.2) is 40.9 Å². The van der Waals surface area contributed by atoms with Gasteiger partial charge in [0.15, 0.2) is 5.82 Å². The maximum absolute atomic E-state index is 12.6. The van der Waals surface area contributed by atoms with Crippen molar-refractivity contribution in [3.05, 3.63) is 58.4 Å². The SMILES string of the molecule is Cc1ccc(NC(=O)c2c(-c3ccccc3Cl)noc2C)nn1. The van der Waals surface area contributed by atoms with Crippen molar-refractivity contribution in [1.29, 1.82) is 0 Å². The first kappa shape index (κ1) is 15.2. The molecule has 7 heteroatoms. The van der Waals surface area contributed by atoms with Gasteiger partial charge in [0.1, 0.15) is 17.0 Å². The second-order valence-corrected chi connectivity index (χ2v) is 5.36. The molecule has 0 aliphatic rings. The van der Waals surface area contributed by atoms with Crippen molar-refractivity contribution < 1.29 is 9.32 Å². The number of nitrogens with zero attached hydrogens (tertiary/aromatic N) is 3. The van der Waals surface area contributed by atoms with Crippen LogP contribution < -0.4 is 5.32 Å². The molecule has 2 heterocycles. The molecule has 0 spiro atoms. The number of aryl methyl sites for hydroxylation is 2. The van der Waals surface area contributed by atoms with E-state index in [0.717, 1.165) is 5.69 Å². The highest BCUT2D eigenvalue weighted by molar-refractivity contribution is 6.33. The molecule has 1 N–H and O–H groups in total. The lowest BCUT2D eigenvalue weighted by Gasteiger charge is -2.05. The van der Waals surface area contributed by atoms with Gasteiger partial charge in [0.25, 0.3) is 5.91 Å². The third kappa shape index (κ3) is 3.07. The molecule has 0 atom stereocenters. The van der Waals surface area contributed by atoms with Crippen molar-refractivity contribution >= 4 is 23.3 Å². The Labute approximate surface area is 137 Å². The molecule has 3 aromatic rings. The quantitative estimate of drug-likeness (QED) is 0.793. The van der Waals surface area contributed by atoms with Crippen molar-refractivity contribution in [3.8, 4) is 11.3 Å². The predicted octanol–water partition coefficient (Wildman–Crippen LogP) is 3.65. The minimum absolute atomic E-state index is 0.320. The van der Waals surface area contributed by atoms with Gasteiger partial charge >= 0.3 is 0 Å². The largest absolute Gasteiger partial charge is 0.360 e. The summed E-state index contributed by atoms with van der Waals surface area (Å²) in [5.74, 6) is 0.376. The highest BCUT2D eigenvalue weighted by atomic mass is 35.5. The van der Waals surface area contributed by atoms with E-state index in [1.54, 1.807) is 37.3 Å². The number of benzene rings is 1. The number of halogens is 1. The molecule has 0 unspecified atom stereocenters. The van der Waals surface area contributed by atoms with Crippen LogP contribution in [0.3, 0.4) is 0 Å². The predicted molar refractivity (Wildman–Crippen MR) is 86.4 cm³/mol. The second-order valence-electron chi connectivity index (χ2n) is 4.96. The van der Waals surface area contributed by atoms with Crippen molar-refractivity contribution in [1.82, 2.24) is 15.4 Å². The molecule has 2 aromatic heterocycles. The van der Waals surface area contributed by atoms with Gasteiger partial charge in [-0.1, -0.05) is 35.0 Å². The van der Waals surface area contributed by atoms with Crippen LogP contribution in [0.4, 0.5) is 5.82 Å². The summed E-state index contributed by atoms with van der Waals surface area (Å²) in [4.78, 5) is 12.6. The highest BCUT2D eigenvalue weighted by Crippen LogP contribution is 2.31. The molecule has 0 aliphatic carbocycles. The third-order valence-corrected chi connectivity index (χ3v) is 3.59. The molecule has 1 amide bonds. The summed E-state index contributed by atoms with van der Waals surface area (Å²) in [6.45, 7) is 3.49. The number of rotatable bonds is 3. The lowest BCUT2D eigenvalue weighted by Crippen LogP contribution is -2.15. The van der Waals surface area contributed by atoms with E-state index in [1.807, 2.05) is 13.0 Å². The zero-order valence-electron chi connectivity index (χ0n) is 12.5. The van der Waals surface area contributed by atoms with Gasteiger partial charge in [-0.3, -0.25) is 4.79 Å². The average Bonchev–Trinajstić information content (AvgIpc) is 2.91. The van der Waals surface area contributed by atoms with Crippen LogP contribution in [0.5, 0.6) is 0 Å². The van der Waals surface area contributed by atoms with Gasteiger partial charge in [0, 0.05) is 5.56 Å². The van der Waals surface area contributed by atoms with Crippen molar-refractivity contribution in [2.24, 2.45) is 0 Å². The molecular formula is C16H13ClN4O2. The monoisotopic (exact) mass is 328 g/mol. The standard InChI is InChI=1S/C16H13ClN4O2/c1-9-7-8-13(20-19-9)18-16(22)14-10(2)23-21-15(14)11-5-3-4-6-12(11)17/h3-8H,1-2H3,(H,18,20,22). The Bertz CT molecular complexity index is 859. The van der Waals surface area contributed by atoms with E-state index in [0.29, 0.717) is 33.4 Å². The Balaban J connectivity index is 1.97. The van der Waals surface area contributed by atoms with Crippen LogP contribution in [0.1, 0.15) is 21.8 Å². The van der Waals surface area contributed by atoms with Crippen molar-refractivity contribution in [2.75, 3.05) is 5.32 Å². The second kappa shape index (κ2) is 6.18. The van der Waals surface area contributed by atoms with E-state index in [4.69, 9.17) is 16.1 Å². The molecule has 0 radical (unpaired) electrons. The average molecular weight is 329 g/mol. The van der Waals surface area contributed by atoms with Gasteiger partial charge in [0.2, 0.25) is 0 Å². The van der Waals surface area contributed by atoms with Crippen LogP contribution in [-0.2, 0) is 0 Å². The number of carbonyl (C=O) groups is 1. The number of amides is 1. The summed E-state index contributed by atoms with van der Waals surface area (Å²) in [7, 11) is 0. The molecule has 0 bridgehead atoms. The third-order valence-electron chi connectivity index (χ3n) is 3.26. The Morgan fingerprint density at radius 1 is 1.13 bits per heavy atom. The van der Waals surface area contributed by atoms with Crippen LogP contribution >= 0.6 is 11.6 Å². The summed E-state index contributed by atoms with van der Waals surface area (Å²) >= 11 is 6.19. The van der Waals surface area contributed by atoms with Gasteiger partial charge in [-0.2, -0.15) is 5.10 Å². The first-order valence-electron chi connectivity index (χ1n) is 6.89. The number of hydrogen-bond acceptors (Lipinski definition) is 5. The van der Waals surface area contributed by atoms with Gasteiger partial charge in [0.05, 0.1) is 10.7 Å². The topological polar surface area (TPSA) is 80.9 Å². The number of aromatic nitrogens is 3. The lowest BCUT2D eigenvalue weighted by atomic mass is 10.1. The van der Waals surface area contributed by atoms with E-state index < -0.39 is 0 Å². The molecule has 3 rings (SSSR count). The van der Waals surface area contributed by atoms with E-state index in [-0.39, 0.29) is 5.91 Å². The van der Waals surface area contributed by atoms with E-state index in [2.05, 4.69) is 20.7 Å². The summed E-state index contributed by atoms with van der Waals surface area (Å²) in [6.07, 6.45) is 0. The van der Waals surface area contributed by atoms with Crippen molar-refractivity contribution in [2.45, 2.75) is 13.8 Å². The smallest absolute Gasteiger partial charge is 0.262 e. The van der Waals surface area contributed by atoms with E-state index in [1.165, 1.54) is 0 Å². The molecule has 0 saturated carbocycles. The fraction of sp³-hybridized carbons (Fsp3) is 0.125. The Hall–Kier alpha value is -2.73. The maximum atomic E-state index is 12.6. The number of carbonyl (C=O) groups excluding carboxylic acids is 1. The van der Waals surface area contributed by atoms with Crippen LogP contribution in [0.25, 0.3) is 11.3 Å². The van der Waals surface area contributed by atoms with Crippen LogP contribution in [0.2, 0.25) is 5.02 Å². The Morgan fingerprint density at radius 2 is 1.91 bits per heavy atom. The molecule has 116 valence electrons.